The zero-order chi connectivity index (χ0) is 14.2. The van der Waals surface area contributed by atoms with E-state index in [2.05, 4.69) is 5.32 Å². The van der Waals surface area contributed by atoms with Gasteiger partial charge in [0, 0.05) is 0 Å². The lowest BCUT2D eigenvalue weighted by molar-refractivity contribution is -0.105. The van der Waals surface area contributed by atoms with E-state index in [0.29, 0.717) is 38.0 Å². The normalized spacial score (nSPS) is 14.5. The summed E-state index contributed by atoms with van der Waals surface area (Å²) in [4.78, 5) is 22.7. The minimum Gasteiger partial charge on any atom is -0.444 e. The van der Waals surface area contributed by atoms with Gasteiger partial charge in [-0.2, -0.15) is 0 Å². The summed E-state index contributed by atoms with van der Waals surface area (Å²) in [5.74, 6) is 0. The van der Waals surface area contributed by atoms with E-state index in [9.17, 15) is 9.59 Å². The fraction of sp³-hybridized carbons (Fsp3) is 0.333. The molecule has 1 heterocycles. The molecular weight excluding hydrogens is 258 g/mol. The van der Waals surface area contributed by atoms with Crippen molar-refractivity contribution >= 4 is 12.4 Å². The molecule has 20 heavy (non-hydrogen) atoms. The molecule has 0 aromatic heterocycles. The third-order valence-electron chi connectivity index (χ3n) is 3.04. The number of carbonyl (C=O) groups is 2. The lowest BCUT2D eigenvalue weighted by Gasteiger charge is -2.17. The van der Waals surface area contributed by atoms with Crippen LogP contribution in [0.2, 0.25) is 0 Å². The number of ether oxygens (including phenoxy) is 2. The fourth-order valence-electron chi connectivity index (χ4n) is 1.96. The molecule has 1 N–H and O–H groups in total. The van der Waals surface area contributed by atoms with Gasteiger partial charge in [0.15, 0.2) is 6.29 Å². The second-order valence-corrected chi connectivity index (χ2v) is 4.43. The largest absolute Gasteiger partial charge is 0.444 e. The van der Waals surface area contributed by atoms with Crippen LogP contribution in [0.4, 0.5) is 4.79 Å². The smallest absolute Gasteiger partial charge is 0.412 e. The molecule has 1 aliphatic rings. The summed E-state index contributed by atoms with van der Waals surface area (Å²) in [6.45, 7) is 1.33. The summed E-state index contributed by atoms with van der Waals surface area (Å²) in [5, 5.41) is 2.50. The molecule has 0 radical (unpaired) electrons. The molecule has 1 saturated heterocycles. The van der Waals surface area contributed by atoms with Gasteiger partial charge in [-0.15, -0.1) is 0 Å². The Balaban J connectivity index is 1.88. The Morgan fingerprint density at radius 1 is 1.25 bits per heavy atom. The predicted molar refractivity (Wildman–Crippen MR) is 72.9 cm³/mol. The number of nitrogens with one attached hydrogen (secondary N) is 1. The highest BCUT2D eigenvalue weighted by molar-refractivity contribution is 5.82. The summed E-state index contributed by atoms with van der Waals surface area (Å²) in [6.07, 6.45) is 1.36. The van der Waals surface area contributed by atoms with Gasteiger partial charge in [0.05, 0.1) is 18.9 Å². The fourth-order valence-corrected chi connectivity index (χ4v) is 1.96. The average Bonchev–Trinajstić information content (AvgIpc) is 2.52. The standard InChI is InChI=1S/C15H17NO4/c17-10-14(13-6-8-19-9-7-13)16-15(18)20-11-12-4-2-1-3-5-12/h1-5,10H,6-9,11H2,(H,16,18). The van der Waals surface area contributed by atoms with E-state index in [-0.39, 0.29) is 6.61 Å². The molecule has 5 heteroatoms. The number of amides is 1. The van der Waals surface area contributed by atoms with E-state index in [0.717, 1.165) is 11.1 Å². The van der Waals surface area contributed by atoms with Crippen LogP contribution in [-0.4, -0.2) is 25.6 Å². The molecular formula is C15H17NO4. The van der Waals surface area contributed by atoms with Crippen molar-refractivity contribution in [1.82, 2.24) is 5.32 Å². The zero-order valence-electron chi connectivity index (χ0n) is 11.1. The molecule has 1 aromatic rings. The molecule has 5 nitrogen and oxygen atoms in total. The SMILES string of the molecule is O=CC(NC(=O)OCc1ccccc1)=C1CCOCC1. The van der Waals surface area contributed by atoms with Crippen LogP contribution in [0, 0.1) is 0 Å². The summed E-state index contributed by atoms with van der Waals surface area (Å²) in [6, 6.07) is 9.37. The van der Waals surface area contributed by atoms with Gasteiger partial charge in [-0.05, 0) is 24.0 Å². The number of aldehydes is 1. The van der Waals surface area contributed by atoms with Crippen molar-refractivity contribution in [1.29, 1.82) is 0 Å². The Bertz CT molecular complexity index is 488. The maximum Gasteiger partial charge on any atom is 0.412 e. The van der Waals surface area contributed by atoms with Crippen LogP contribution in [0.15, 0.2) is 41.6 Å². The van der Waals surface area contributed by atoms with E-state index < -0.39 is 6.09 Å². The number of alkyl carbamates (subject to hydrolysis) is 1. The van der Waals surface area contributed by atoms with Gasteiger partial charge in [0.25, 0.3) is 0 Å². The maximum atomic E-state index is 11.7. The Kier molecular flexibility index (Phi) is 5.32. The van der Waals surface area contributed by atoms with Crippen LogP contribution in [0.5, 0.6) is 0 Å². The second kappa shape index (κ2) is 7.45. The predicted octanol–water partition coefficient (Wildman–Crippen LogP) is 2.18. The van der Waals surface area contributed by atoms with Gasteiger partial charge >= 0.3 is 6.09 Å². The van der Waals surface area contributed by atoms with Gasteiger partial charge in [-0.25, -0.2) is 4.79 Å². The van der Waals surface area contributed by atoms with Gasteiger partial charge in [0.2, 0.25) is 0 Å². The first-order valence-corrected chi connectivity index (χ1v) is 6.52. The topological polar surface area (TPSA) is 64.6 Å². The van der Waals surface area contributed by atoms with Crippen LogP contribution in [0.25, 0.3) is 0 Å². The highest BCUT2D eigenvalue weighted by atomic mass is 16.5. The second-order valence-electron chi connectivity index (χ2n) is 4.43. The summed E-state index contributed by atoms with van der Waals surface area (Å²) in [5.41, 5.74) is 2.10. The first-order chi connectivity index (χ1) is 9.79. The van der Waals surface area contributed by atoms with Crippen molar-refractivity contribution in [2.24, 2.45) is 0 Å². The van der Waals surface area contributed by atoms with Crippen LogP contribution < -0.4 is 5.32 Å². The Morgan fingerprint density at radius 3 is 2.60 bits per heavy atom. The molecule has 2 rings (SSSR count). The number of hydrogen-bond acceptors (Lipinski definition) is 4. The van der Waals surface area contributed by atoms with Crippen molar-refractivity contribution in [3.8, 4) is 0 Å². The number of carbonyl (C=O) groups excluding carboxylic acids is 2. The molecule has 1 amide bonds. The first-order valence-electron chi connectivity index (χ1n) is 6.52. The quantitative estimate of drug-likeness (QED) is 0.675. The Hall–Kier alpha value is -2.14. The molecule has 106 valence electrons. The molecule has 0 spiro atoms. The van der Waals surface area contributed by atoms with E-state index in [1.165, 1.54) is 0 Å². The zero-order valence-corrected chi connectivity index (χ0v) is 11.1. The monoisotopic (exact) mass is 275 g/mol. The van der Waals surface area contributed by atoms with E-state index in [4.69, 9.17) is 9.47 Å². The van der Waals surface area contributed by atoms with Crippen LogP contribution >= 0.6 is 0 Å². The van der Waals surface area contributed by atoms with Crippen molar-refractivity contribution in [2.75, 3.05) is 13.2 Å². The lowest BCUT2D eigenvalue weighted by Crippen LogP contribution is -2.27. The molecule has 1 aliphatic heterocycles. The van der Waals surface area contributed by atoms with Crippen LogP contribution in [0.1, 0.15) is 18.4 Å². The molecule has 1 fully saturated rings. The van der Waals surface area contributed by atoms with Gasteiger partial charge in [-0.3, -0.25) is 10.1 Å². The Morgan fingerprint density at radius 2 is 1.95 bits per heavy atom. The maximum absolute atomic E-state index is 11.7. The first kappa shape index (κ1) is 14.3. The highest BCUT2D eigenvalue weighted by Crippen LogP contribution is 2.15. The van der Waals surface area contributed by atoms with E-state index >= 15 is 0 Å². The molecule has 0 atom stereocenters. The van der Waals surface area contributed by atoms with Crippen molar-refractivity contribution < 1.29 is 19.1 Å². The highest BCUT2D eigenvalue weighted by Gasteiger charge is 2.14. The number of allylic oxidation sites excluding steroid dienone is 1. The lowest BCUT2D eigenvalue weighted by atomic mass is 10.1. The Labute approximate surface area is 117 Å². The number of benzene rings is 1. The van der Waals surface area contributed by atoms with Crippen molar-refractivity contribution in [3.05, 3.63) is 47.2 Å². The van der Waals surface area contributed by atoms with E-state index in [1.807, 2.05) is 30.3 Å². The van der Waals surface area contributed by atoms with Crippen molar-refractivity contribution in [2.45, 2.75) is 19.4 Å². The minimum atomic E-state index is -0.616. The molecule has 1 aromatic carbocycles. The van der Waals surface area contributed by atoms with Crippen LogP contribution in [-0.2, 0) is 20.9 Å². The summed E-state index contributed by atoms with van der Waals surface area (Å²) >= 11 is 0. The van der Waals surface area contributed by atoms with E-state index in [1.54, 1.807) is 0 Å². The summed E-state index contributed by atoms with van der Waals surface area (Å²) < 4.78 is 10.3. The average molecular weight is 275 g/mol. The number of hydrogen-bond donors (Lipinski definition) is 1. The van der Waals surface area contributed by atoms with Gasteiger partial charge in [0.1, 0.15) is 6.61 Å². The molecule has 0 bridgehead atoms. The third-order valence-corrected chi connectivity index (χ3v) is 3.04. The minimum absolute atomic E-state index is 0.178. The molecule has 0 saturated carbocycles. The third kappa shape index (κ3) is 4.20. The van der Waals surface area contributed by atoms with Crippen LogP contribution in [0.3, 0.4) is 0 Å². The summed E-state index contributed by atoms with van der Waals surface area (Å²) in [7, 11) is 0. The molecule has 0 aliphatic carbocycles. The number of rotatable bonds is 4. The van der Waals surface area contributed by atoms with Crippen molar-refractivity contribution in [3.63, 3.8) is 0 Å². The molecule has 0 unspecified atom stereocenters. The van der Waals surface area contributed by atoms with Gasteiger partial charge in [-0.1, -0.05) is 30.3 Å². The van der Waals surface area contributed by atoms with Gasteiger partial charge < -0.3 is 9.47 Å².